The number of anilines is 1. The van der Waals surface area contributed by atoms with Crippen LogP contribution in [0.2, 0.25) is 5.02 Å². The first kappa shape index (κ1) is 11.0. The molecule has 3 rings (SSSR count). The number of nitrogens with one attached hydrogen (secondary N) is 1. The zero-order chi connectivity index (χ0) is 11.7. The Morgan fingerprint density at radius 3 is 2.65 bits per heavy atom. The van der Waals surface area contributed by atoms with Gasteiger partial charge in [-0.2, -0.15) is 0 Å². The Labute approximate surface area is 110 Å². The second kappa shape index (κ2) is 4.63. The monoisotopic (exact) mass is 261 g/mol. The van der Waals surface area contributed by atoms with Crippen LogP contribution in [0.1, 0.15) is 10.8 Å². The molecule has 1 nitrogen and oxygen atoms in total. The van der Waals surface area contributed by atoms with Crippen LogP contribution >= 0.6 is 23.4 Å². The van der Waals surface area contributed by atoms with Crippen LogP contribution in [0.25, 0.3) is 0 Å². The molecule has 3 heteroatoms. The summed E-state index contributed by atoms with van der Waals surface area (Å²) >= 11 is 7.82. The normalized spacial score (nSPS) is 18.3. The van der Waals surface area contributed by atoms with E-state index in [-0.39, 0.29) is 0 Å². The van der Waals surface area contributed by atoms with Crippen molar-refractivity contribution in [2.75, 3.05) is 11.9 Å². The zero-order valence-corrected chi connectivity index (χ0v) is 10.8. The molecule has 0 aromatic heterocycles. The van der Waals surface area contributed by atoms with Crippen molar-refractivity contribution in [1.29, 1.82) is 0 Å². The molecule has 2 aromatic carbocycles. The molecule has 2 aromatic rings. The third-order valence-electron chi connectivity index (χ3n) is 2.88. The van der Waals surface area contributed by atoms with Gasteiger partial charge in [0.1, 0.15) is 0 Å². The molecule has 0 saturated carbocycles. The molecular weight excluding hydrogens is 250 g/mol. The lowest BCUT2D eigenvalue weighted by Gasteiger charge is -2.25. The lowest BCUT2D eigenvalue weighted by atomic mass is 10.1. The maximum atomic E-state index is 5.91. The Morgan fingerprint density at radius 2 is 1.82 bits per heavy atom. The van der Waals surface area contributed by atoms with E-state index in [0.717, 1.165) is 11.6 Å². The maximum absolute atomic E-state index is 5.91. The predicted octanol–water partition coefficient (Wildman–Crippen LogP) is 4.60. The number of para-hydroxylation sites is 1. The van der Waals surface area contributed by atoms with Gasteiger partial charge in [-0.05, 0) is 29.8 Å². The summed E-state index contributed by atoms with van der Waals surface area (Å²) < 4.78 is 0. The Kier molecular flexibility index (Phi) is 3.00. The Balaban J connectivity index is 1.86. The molecule has 86 valence electrons. The fraction of sp³-hybridized carbons (Fsp3) is 0.143. The van der Waals surface area contributed by atoms with Gasteiger partial charge < -0.3 is 5.32 Å². The molecule has 0 bridgehead atoms. The fourth-order valence-electron chi connectivity index (χ4n) is 1.98. The van der Waals surface area contributed by atoms with E-state index in [0.29, 0.717) is 5.25 Å². The largest absolute Gasteiger partial charge is 0.383 e. The van der Waals surface area contributed by atoms with Crippen LogP contribution in [-0.4, -0.2) is 6.54 Å². The molecular formula is C14H12ClNS. The quantitative estimate of drug-likeness (QED) is 0.805. The molecule has 0 radical (unpaired) electrons. The van der Waals surface area contributed by atoms with Crippen molar-refractivity contribution >= 4 is 29.1 Å². The fourth-order valence-corrected chi connectivity index (χ4v) is 3.29. The third-order valence-corrected chi connectivity index (χ3v) is 4.46. The van der Waals surface area contributed by atoms with Gasteiger partial charge in [-0.1, -0.05) is 35.9 Å². The van der Waals surface area contributed by atoms with Crippen LogP contribution in [0.15, 0.2) is 53.4 Å². The van der Waals surface area contributed by atoms with E-state index in [1.165, 1.54) is 16.1 Å². The third kappa shape index (κ3) is 2.28. The van der Waals surface area contributed by atoms with Crippen LogP contribution in [0.5, 0.6) is 0 Å². The lowest BCUT2D eigenvalue weighted by Crippen LogP contribution is -2.14. The molecule has 0 amide bonds. The second-order valence-electron chi connectivity index (χ2n) is 4.04. The Morgan fingerprint density at radius 1 is 1.06 bits per heavy atom. The summed E-state index contributed by atoms with van der Waals surface area (Å²) in [6.45, 7) is 0.962. The number of rotatable bonds is 1. The number of hydrogen-bond acceptors (Lipinski definition) is 2. The Bertz CT molecular complexity index is 524. The van der Waals surface area contributed by atoms with Gasteiger partial charge in [-0.25, -0.2) is 0 Å². The van der Waals surface area contributed by atoms with Crippen LogP contribution in [0, 0.1) is 0 Å². The molecule has 1 heterocycles. The number of hydrogen-bond donors (Lipinski definition) is 1. The molecule has 0 spiro atoms. The minimum absolute atomic E-state index is 0.460. The zero-order valence-electron chi connectivity index (χ0n) is 9.19. The van der Waals surface area contributed by atoms with Crippen molar-refractivity contribution in [1.82, 2.24) is 0 Å². The van der Waals surface area contributed by atoms with Crippen molar-refractivity contribution in [3.8, 4) is 0 Å². The van der Waals surface area contributed by atoms with Crippen molar-refractivity contribution in [2.24, 2.45) is 0 Å². The van der Waals surface area contributed by atoms with Gasteiger partial charge in [0.05, 0.1) is 5.25 Å². The van der Waals surface area contributed by atoms with Crippen molar-refractivity contribution in [3.05, 3.63) is 59.1 Å². The summed E-state index contributed by atoms with van der Waals surface area (Å²) in [6, 6.07) is 16.6. The molecule has 1 N–H and O–H groups in total. The van der Waals surface area contributed by atoms with Gasteiger partial charge in [0.25, 0.3) is 0 Å². The molecule has 0 unspecified atom stereocenters. The standard InChI is InChI=1S/C14H12ClNS/c15-11-7-5-10(6-8-11)14-9-16-12-3-1-2-4-13(12)17-14/h1-8,14,16H,9H2/t14-/m1/s1. The molecule has 1 atom stereocenters. The number of benzene rings is 2. The van der Waals surface area contributed by atoms with E-state index in [2.05, 4.69) is 41.7 Å². The van der Waals surface area contributed by atoms with E-state index in [1.807, 2.05) is 23.9 Å². The van der Waals surface area contributed by atoms with Crippen LogP contribution in [-0.2, 0) is 0 Å². The number of fused-ring (bicyclic) bond motifs is 1. The van der Waals surface area contributed by atoms with E-state index in [4.69, 9.17) is 11.6 Å². The highest BCUT2D eigenvalue weighted by Gasteiger charge is 2.19. The van der Waals surface area contributed by atoms with E-state index >= 15 is 0 Å². The SMILES string of the molecule is Clc1ccc([C@H]2CNc3ccccc3S2)cc1. The lowest BCUT2D eigenvalue weighted by molar-refractivity contribution is 0.964. The number of thioether (sulfide) groups is 1. The first-order valence-electron chi connectivity index (χ1n) is 5.58. The summed E-state index contributed by atoms with van der Waals surface area (Å²) in [5.41, 5.74) is 2.56. The van der Waals surface area contributed by atoms with Crippen molar-refractivity contribution in [2.45, 2.75) is 10.1 Å². The summed E-state index contributed by atoms with van der Waals surface area (Å²) in [6.07, 6.45) is 0. The van der Waals surface area contributed by atoms with E-state index < -0.39 is 0 Å². The van der Waals surface area contributed by atoms with Crippen LogP contribution in [0.3, 0.4) is 0 Å². The smallest absolute Gasteiger partial charge is 0.0517 e. The maximum Gasteiger partial charge on any atom is 0.0517 e. The molecule has 0 saturated heterocycles. The average molecular weight is 262 g/mol. The highest BCUT2D eigenvalue weighted by atomic mass is 35.5. The van der Waals surface area contributed by atoms with E-state index in [9.17, 15) is 0 Å². The summed E-state index contributed by atoms with van der Waals surface area (Å²) in [5, 5.41) is 4.73. The minimum atomic E-state index is 0.460. The van der Waals surface area contributed by atoms with Gasteiger partial charge in [0, 0.05) is 22.2 Å². The molecule has 17 heavy (non-hydrogen) atoms. The first-order valence-corrected chi connectivity index (χ1v) is 6.84. The highest BCUT2D eigenvalue weighted by Crippen LogP contribution is 2.42. The molecule has 0 aliphatic carbocycles. The highest BCUT2D eigenvalue weighted by molar-refractivity contribution is 7.99. The molecule has 1 aliphatic rings. The van der Waals surface area contributed by atoms with Crippen LogP contribution in [0.4, 0.5) is 5.69 Å². The average Bonchev–Trinajstić information content (AvgIpc) is 2.39. The molecule has 0 fully saturated rings. The van der Waals surface area contributed by atoms with Crippen molar-refractivity contribution in [3.63, 3.8) is 0 Å². The first-order chi connectivity index (χ1) is 8.33. The molecule has 1 aliphatic heterocycles. The topological polar surface area (TPSA) is 12.0 Å². The van der Waals surface area contributed by atoms with Crippen molar-refractivity contribution < 1.29 is 0 Å². The van der Waals surface area contributed by atoms with Gasteiger partial charge in [0.2, 0.25) is 0 Å². The van der Waals surface area contributed by atoms with Gasteiger partial charge in [-0.3, -0.25) is 0 Å². The van der Waals surface area contributed by atoms with E-state index in [1.54, 1.807) is 0 Å². The van der Waals surface area contributed by atoms with Gasteiger partial charge >= 0.3 is 0 Å². The van der Waals surface area contributed by atoms with Gasteiger partial charge in [0.15, 0.2) is 0 Å². The Hall–Kier alpha value is -1.12. The summed E-state index contributed by atoms with van der Waals surface area (Å²) in [7, 11) is 0. The van der Waals surface area contributed by atoms with Crippen LogP contribution < -0.4 is 5.32 Å². The number of halogens is 1. The second-order valence-corrected chi connectivity index (χ2v) is 5.72. The predicted molar refractivity (Wildman–Crippen MR) is 75.0 cm³/mol. The van der Waals surface area contributed by atoms with Gasteiger partial charge in [-0.15, -0.1) is 11.8 Å². The minimum Gasteiger partial charge on any atom is -0.383 e. The summed E-state index contributed by atoms with van der Waals surface area (Å²) in [4.78, 5) is 1.32. The summed E-state index contributed by atoms with van der Waals surface area (Å²) in [5.74, 6) is 0.